The molecule has 0 bridgehead atoms. The Kier molecular flexibility index (Phi) is 3.99. The normalized spacial score (nSPS) is 12.8. The van der Waals surface area contributed by atoms with E-state index >= 15 is 0 Å². The van der Waals surface area contributed by atoms with Gasteiger partial charge in [0.25, 0.3) is 0 Å². The van der Waals surface area contributed by atoms with Crippen LogP contribution in [0, 0.1) is 5.82 Å². The Bertz CT molecular complexity index is 772. The lowest BCUT2D eigenvalue weighted by molar-refractivity contribution is 0.462. The van der Waals surface area contributed by atoms with Crippen LogP contribution in [0.15, 0.2) is 51.4 Å². The van der Waals surface area contributed by atoms with E-state index in [0.717, 1.165) is 11.0 Å². The van der Waals surface area contributed by atoms with Gasteiger partial charge in [-0.1, -0.05) is 35.9 Å². The lowest BCUT2D eigenvalue weighted by atomic mass is 10.0. The number of furan rings is 1. The summed E-state index contributed by atoms with van der Waals surface area (Å²) in [7, 11) is 0. The smallest absolute Gasteiger partial charge is 0.148 e. The Balaban J connectivity index is 2.12. The maximum absolute atomic E-state index is 14.3. The molecule has 3 rings (SSSR count). The summed E-state index contributed by atoms with van der Waals surface area (Å²) < 4.78 is 20.6. The molecule has 0 aliphatic heterocycles. The summed E-state index contributed by atoms with van der Waals surface area (Å²) in [5.41, 5.74) is 3.62. The number of hydrogen-bond acceptors (Lipinski definition) is 3. The molecule has 0 spiro atoms. The van der Waals surface area contributed by atoms with Crippen molar-refractivity contribution < 1.29 is 8.81 Å². The maximum atomic E-state index is 14.3. The molecule has 3 nitrogen and oxygen atoms in total. The van der Waals surface area contributed by atoms with Crippen LogP contribution in [-0.2, 0) is 0 Å². The van der Waals surface area contributed by atoms with Crippen LogP contribution in [0.3, 0.4) is 0 Å². The molecule has 2 aromatic carbocycles. The third-order valence-corrected chi connectivity index (χ3v) is 4.53. The van der Waals surface area contributed by atoms with Crippen molar-refractivity contribution >= 4 is 38.5 Å². The maximum Gasteiger partial charge on any atom is 0.148 e. The minimum Gasteiger partial charge on any atom is -0.459 e. The molecule has 21 heavy (non-hydrogen) atoms. The molecule has 6 heteroatoms. The van der Waals surface area contributed by atoms with Gasteiger partial charge in [0.2, 0.25) is 0 Å². The van der Waals surface area contributed by atoms with Crippen LogP contribution in [0.2, 0.25) is 5.02 Å². The quantitative estimate of drug-likeness (QED) is 0.405. The zero-order chi connectivity index (χ0) is 15.0. The van der Waals surface area contributed by atoms with Gasteiger partial charge in [0, 0.05) is 15.4 Å². The predicted molar refractivity (Wildman–Crippen MR) is 84.5 cm³/mol. The number of rotatable bonds is 3. The molecular formula is C15H11BrClFN2O. The molecule has 0 radical (unpaired) electrons. The highest BCUT2D eigenvalue weighted by atomic mass is 79.9. The van der Waals surface area contributed by atoms with Crippen LogP contribution >= 0.6 is 27.5 Å². The summed E-state index contributed by atoms with van der Waals surface area (Å²) in [6.07, 6.45) is 0. The summed E-state index contributed by atoms with van der Waals surface area (Å²) in [5.74, 6) is 5.58. The molecule has 3 N–H and O–H groups in total. The van der Waals surface area contributed by atoms with Crippen molar-refractivity contribution in [2.24, 2.45) is 5.84 Å². The molecular weight excluding hydrogens is 359 g/mol. The molecule has 108 valence electrons. The summed E-state index contributed by atoms with van der Waals surface area (Å²) in [6, 6.07) is 12.0. The van der Waals surface area contributed by atoms with Crippen LogP contribution in [-0.4, -0.2) is 0 Å². The van der Waals surface area contributed by atoms with Gasteiger partial charge in [-0.15, -0.1) is 0 Å². The number of hydrogen-bond donors (Lipinski definition) is 2. The predicted octanol–water partition coefficient (Wildman–Crippen LogP) is 4.54. The Morgan fingerprint density at radius 2 is 2.00 bits per heavy atom. The van der Waals surface area contributed by atoms with Gasteiger partial charge < -0.3 is 4.42 Å². The van der Waals surface area contributed by atoms with E-state index in [9.17, 15) is 4.39 Å². The molecule has 0 saturated carbocycles. The zero-order valence-electron chi connectivity index (χ0n) is 10.7. The first-order valence-electron chi connectivity index (χ1n) is 6.20. The SMILES string of the molecule is NNC(c1cc2ccccc2o1)c1ccc(Br)c(Cl)c1F. The van der Waals surface area contributed by atoms with Gasteiger partial charge in [-0.25, -0.2) is 9.82 Å². The number of halogens is 3. The number of nitrogens with two attached hydrogens (primary N) is 1. The van der Waals surface area contributed by atoms with Crippen molar-refractivity contribution in [1.82, 2.24) is 5.43 Å². The Hall–Kier alpha value is -1.40. The minimum atomic E-state index is -0.622. The van der Waals surface area contributed by atoms with E-state index in [4.69, 9.17) is 21.9 Å². The van der Waals surface area contributed by atoms with Gasteiger partial charge >= 0.3 is 0 Å². The van der Waals surface area contributed by atoms with E-state index in [1.54, 1.807) is 12.1 Å². The molecule has 1 atom stereocenters. The average Bonchev–Trinajstić information content (AvgIpc) is 2.91. The van der Waals surface area contributed by atoms with Gasteiger partial charge in [0.15, 0.2) is 0 Å². The largest absolute Gasteiger partial charge is 0.459 e. The van der Waals surface area contributed by atoms with Crippen molar-refractivity contribution in [3.63, 3.8) is 0 Å². The highest BCUT2D eigenvalue weighted by molar-refractivity contribution is 9.10. The summed E-state index contributed by atoms with van der Waals surface area (Å²) >= 11 is 9.12. The fourth-order valence-electron chi connectivity index (χ4n) is 2.23. The van der Waals surface area contributed by atoms with Crippen molar-refractivity contribution in [2.75, 3.05) is 0 Å². The van der Waals surface area contributed by atoms with E-state index in [1.165, 1.54) is 0 Å². The van der Waals surface area contributed by atoms with Crippen LogP contribution < -0.4 is 11.3 Å². The van der Waals surface area contributed by atoms with Gasteiger partial charge in [-0.2, -0.15) is 0 Å². The Morgan fingerprint density at radius 1 is 1.24 bits per heavy atom. The highest BCUT2D eigenvalue weighted by Crippen LogP contribution is 2.34. The number of para-hydroxylation sites is 1. The number of hydrazine groups is 1. The van der Waals surface area contributed by atoms with E-state index < -0.39 is 11.9 Å². The van der Waals surface area contributed by atoms with E-state index in [1.807, 2.05) is 30.3 Å². The molecule has 0 amide bonds. The minimum absolute atomic E-state index is 0.0175. The van der Waals surface area contributed by atoms with E-state index in [-0.39, 0.29) is 5.02 Å². The van der Waals surface area contributed by atoms with Gasteiger partial charge in [-0.3, -0.25) is 5.84 Å². The third kappa shape index (κ3) is 2.58. The van der Waals surface area contributed by atoms with Gasteiger partial charge in [-0.05, 0) is 34.1 Å². The lowest BCUT2D eigenvalue weighted by Crippen LogP contribution is -2.29. The van der Waals surface area contributed by atoms with Gasteiger partial charge in [0.1, 0.15) is 23.2 Å². The highest BCUT2D eigenvalue weighted by Gasteiger charge is 2.22. The van der Waals surface area contributed by atoms with Crippen molar-refractivity contribution in [1.29, 1.82) is 0 Å². The molecule has 0 aliphatic carbocycles. The third-order valence-electron chi connectivity index (χ3n) is 3.27. The van der Waals surface area contributed by atoms with Crippen molar-refractivity contribution in [3.05, 3.63) is 69.1 Å². The summed E-state index contributed by atoms with van der Waals surface area (Å²) in [4.78, 5) is 0. The second kappa shape index (κ2) is 5.77. The molecule has 1 aromatic heterocycles. The second-order valence-electron chi connectivity index (χ2n) is 4.55. The molecule has 0 fully saturated rings. The van der Waals surface area contributed by atoms with Crippen LogP contribution in [0.25, 0.3) is 11.0 Å². The van der Waals surface area contributed by atoms with Crippen LogP contribution in [0.4, 0.5) is 4.39 Å². The first-order chi connectivity index (χ1) is 10.1. The zero-order valence-corrected chi connectivity index (χ0v) is 13.1. The number of fused-ring (bicyclic) bond motifs is 1. The topological polar surface area (TPSA) is 51.2 Å². The molecule has 0 aliphatic rings. The fraction of sp³-hybridized carbons (Fsp3) is 0.0667. The molecule has 1 heterocycles. The van der Waals surface area contributed by atoms with Crippen LogP contribution in [0.1, 0.15) is 17.4 Å². The lowest BCUT2D eigenvalue weighted by Gasteiger charge is -2.15. The van der Waals surface area contributed by atoms with E-state index in [2.05, 4.69) is 21.4 Å². The average molecular weight is 370 g/mol. The second-order valence-corrected chi connectivity index (χ2v) is 5.78. The fourth-order valence-corrected chi connectivity index (χ4v) is 2.71. The molecule has 1 unspecified atom stereocenters. The Labute approximate surface area is 134 Å². The molecule has 3 aromatic rings. The van der Waals surface area contributed by atoms with Crippen molar-refractivity contribution in [3.8, 4) is 0 Å². The van der Waals surface area contributed by atoms with Gasteiger partial charge in [0.05, 0.1) is 5.02 Å². The number of benzene rings is 2. The summed E-state index contributed by atoms with van der Waals surface area (Å²) in [5, 5.41) is 0.945. The number of nitrogens with one attached hydrogen (secondary N) is 1. The van der Waals surface area contributed by atoms with Crippen LogP contribution in [0.5, 0.6) is 0 Å². The molecule has 0 saturated heterocycles. The summed E-state index contributed by atoms with van der Waals surface area (Å²) in [6.45, 7) is 0. The monoisotopic (exact) mass is 368 g/mol. The first kappa shape index (κ1) is 14.5. The van der Waals surface area contributed by atoms with Crippen molar-refractivity contribution in [2.45, 2.75) is 6.04 Å². The Morgan fingerprint density at radius 3 is 2.71 bits per heavy atom. The van der Waals surface area contributed by atoms with E-state index in [0.29, 0.717) is 15.8 Å². The first-order valence-corrected chi connectivity index (χ1v) is 7.37. The standard InChI is InChI=1S/C15H11BrClFN2O/c16-10-6-5-9(14(18)13(10)17)15(20-19)12-7-8-3-1-2-4-11(8)21-12/h1-7,15,20H,19H2.